The smallest absolute Gasteiger partial charge is 0.252 e. The molecule has 0 aliphatic carbocycles. The van der Waals surface area contributed by atoms with Gasteiger partial charge in [0.1, 0.15) is 5.75 Å². The van der Waals surface area contributed by atoms with Crippen LogP contribution in [0.15, 0.2) is 48.5 Å². The summed E-state index contributed by atoms with van der Waals surface area (Å²) in [4.78, 5) is 11.9. The Balaban J connectivity index is 1.94. The number of rotatable bonds is 3. The van der Waals surface area contributed by atoms with Crippen LogP contribution in [0.2, 0.25) is 0 Å². The Kier molecular flexibility index (Phi) is 5.00. The highest BCUT2D eigenvalue weighted by Crippen LogP contribution is 2.15. The van der Waals surface area contributed by atoms with Crippen LogP contribution in [0.4, 0.5) is 0 Å². The molecular weight excluding hydrogens is 262 g/mol. The Bertz CT molecular complexity index is 678. The van der Waals surface area contributed by atoms with Crippen LogP contribution in [0, 0.1) is 18.8 Å². The topological polar surface area (TPSA) is 38.3 Å². The van der Waals surface area contributed by atoms with Gasteiger partial charge in [0.05, 0.1) is 19.2 Å². The van der Waals surface area contributed by atoms with Gasteiger partial charge in [0.2, 0.25) is 0 Å². The minimum atomic E-state index is -0.121. The Morgan fingerprint density at radius 3 is 2.57 bits per heavy atom. The van der Waals surface area contributed by atoms with E-state index in [1.54, 1.807) is 19.2 Å². The molecule has 3 heteroatoms. The maximum absolute atomic E-state index is 11.9. The summed E-state index contributed by atoms with van der Waals surface area (Å²) in [5.41, 5.74) is 2.58. The van der Waals surface area contributed by atoms with E-state index in [0.29, 0.717) is 12.1 Å². The number of nitrogens with one attached hydrogen (secondary N) is 1. The van der Waals surface area contributed by atoms with Crippen LogP contribution in [0.25, 0.3) is 0 Å². The summed E-state index contributed by atoms with van der Waals surface area (Å²) < 4.78 is 5.21. The summed E-state index contributed by atoms with van der Waals surface area (Å²) in [5.74, 6) is 6.53. The summed E-state index contributed by atoms with van der Waals surface area (Å²) in [6, 6.07) is 15.0. The normalized spacial score (nSPS) is 9.43. The molecule has 0 heterocycles. The van der Waals surface area contributed by atoms with Crippen molar-refractivity contribution < 1.29 is 9.53 Å². The molecule has 0 unspecified atom stereocenters. The minimum Gasteiger partial charge on any atom is -0.495 e. The lowest BCUT2D eigenvalue weighted by molar-refractivity contribution is 0.0958. The van der Waals surface area contributed by atoms with Crippen molar-refractivity contribution in [3.63, 3.8) is 0 Å². The zero-order valence-electron chi connectivity index (χ0n) is 12.1. The van der Waals surface area contributed by atoms with Crippen LogP contribution >= 0.6 is 0 Å². The summed E-state index contributed by atoms with van der Waals surface area (Å²) in [6.45, 7) is 2.28. The van der Waals surface area contributed by atoms with Crippen molar-refractivity contribution in [1.29, 1.82) is 0 Å². The number of hydrogen-bond acceptors (Lipinski definition) is 2. The van der Waals surface area contributed by atoms with Crippen molar-refractivity contribution in [2.45, 2.75) is 6.92 Å². The molecule has 3 nitrogen and oxygen atoms in total. The van der Waals surface area contributed by atoms with Crippen LogP contribution in [0.1, 0.15) is 21.5 Å². The first-order valence-electron chi connectivity index (χ1n) is 6.67. The molecule has 2 aromatic carbocycles. The Morgan fingerprint density at radius 2 is 1.86 bits per heavy atom. The average Bonchev–Trinajstić information content (AvgIpc) is 2.52. The standard InChI is InChI=1S/C18H17NO2/c1-14-9-11-16(12-10-14)18(20)19-13-5-7-15-6-3-4-8-17(15)21-2/h3-4,6,8-12H,13H2,1-2H3,(H,19,20). The number of carbonyl (C=O) groups is 1. The highest BCUT2D eigenvalue weighted by Gasteiger charge is 2.02. The van der Waals surface area contributed by atoms with E-state index in [1.807, 2.05) is 43.3 Å². The molecule has 0 aliphatic rings. The van der Waals surface area contributed by atoms with Gasteiger partial charge in [0.15, 0.2) is 0 Å². The highest BCUT2D eigenvalue weighted by atomic mass is 16.5. The highest BCUT2D eigenvalue weighted by molar-refractivity contribution is 5.94. The monoisotopic (exact) mass is 279 g/mol. The molecule has 0 fully saturated rings. The van der Waals surface area contributed by atoms with Crippen molar-refractivity contribution in [3.05, 3.63) is 65.2 Å². The minimum absolute atomic E-state index is 0.121. The molecule has 0 aromatic heterocycles. The van der Waals surface area contributed by atoms with Crippen LogP contribution in [-0.4, -0.2) is 19.6 Å². The summed E-state index contributed by atoms with van der Waals surface area (Å²) in [6.07, 6.45) is 0. The number of carbonyl (C=O) groups excluding carboxylic acids is 1. The third kappa shape index (κ3) is 4.12. The number of para-hydroxylation sites is 1. The van der Waals surface area contributed by atoms with E-state index in [2.05, 4.69) is 17.2 Å². The second kappa shape index (κ2) is 7.16. The lowest BCUT2D eigenvalue weighted by atomic mass is 10.1. The second-order valence-corrected chi connectivity index (χ2v) is 4.55. The maximum Gasteiger partial charge on any atom is 0.252 e. The maximum atomic E-state index is 11.9. The van der Waals surface area contributed by atoms with Crippen LogP contribution in [0.3, 0.4) is 0 Å². The van der Waals surface area contributed by atoms with E-state index in [4.69, 9.17) is 4.74 Å². The quantitative estimate of drug-likeness (QED) is 0.877. The summed E-state index contributed by atoms with van der Waals surface area (Å²) in [7, 11) is 1.61. The predicted molar refractivity (Wildman–Crippen MR) is 83.4 cm³/mol. The third-order valence-corrected chi connectivity index (χ3v) is 2.98. The van der Waals surface area contributed by atoms with E-state index in [-0.39, 0.29) is 5.91 Å². The second-order valence-electron chi connectivity index (χ2n) is 4.55. The van der Waals surface area contributed by atoms with E-state index in [0.717, 1.165) is 16.9 Å². The molecule has 1 amide bonds. The number of hydrogen-bond donors (Lipinski definition) is 1. The molecule has 21 heavy (non-hydrogen) atoms. The van der Waals surface area contributed by atoms with Crippen molar-refractivity contribution in [2.24, 2.45) is 0 Å². The Labute approximate surface area is 125 Å². The number of aryl methyl sites for hydroxylation is 1. The van der Waals surface area contributed by atoms with Crippen LogP contribution in [0.5, 0.6) is 5.75 Å². The van der Waals surface area contributed by atoms with Gasteiger partial charge in [-0.2, -0.15) is 0 Å². The van der Waals surface area contributed by atoms with Gasteiger partial charge >= 0.3 is 0 Å². The van der Waals surface area contributed by atoms with Crippen molar-refractivity contribution in [2.75, 3.05) is 13.7 Å². The predicted octanol–water partition coefficient (Wildman–Crippen LogP) is 2.79. The Morgan fingerprint density at radius 1 is 1.14 bits per heavy atom. The fraction of sp³-hybridized carbons (Fsp3) is 0.167. The first-order chi connectivity index (χ1) is 10.2. The average molecular weight is 279 g/mol. The molecule has 106 valence electrons. The molecule has 0 spiro atoms. The van der Waals surface area contributed by atoms with Gasteiger partial charge in [-0.05, 0) is 31.2 Å². The summed E-state index contributed by atoms with van der Waals surface area (Å²) in [5, 5.41) is 2.77. The molecule has 1 N–H and O–H groups in total. The fourth-order valence-electron chi connectivity index (χ4n) is 1.82. The van der Waals surface area contributed by atoms with Gasteiger partial charge < -0.3 is 10.1 Å². The molecule has 0 radical (unpaired) electrons. The van der Waals surface area contributed by atoms with Crippen LogP contribution < -0.4 is 10.1 Å². The SMILES string of the molecule is COc1ccccc1C#CCNC(=O)c1ccc(C)cc1. The number of benzene rings is 2. The van der Waals surface area contributed by atoms with Crippen molar-refractivity contribution >= 4 is 5.91 Å². The molecule has 0 bridgehead atoms. The van der Waals surface area contributed by atoms with Gasteiger partial charge in [-0.25, -0.2) is 0 Å². The molecule has 0 saturated carbocycles. The van der Waals surface area contributed by atoms with Crippen molar-refractivity contribution in [1.82, 2.24) is 5.32 Å². The molecule has 0 saturated heterocycles. The first kappa shape index (κ1) is 14.7. The number of ether oxygens (including phenoxy) is 1. The van der Waals surface area contributed by atoms with E-state index >= 15 is 0 Å². The molecule has 0 atom stereocenters. The first-order valence-corrected chi connectivity index (χ1v) is 6.67. The van der Waals surface area contributed by atoms with Gasteiger partial charge in [-0.1, -0.05) is 41.7 Å². The number of methoxy groups -OCH3 is 1. The fourth-order valence-corrected chi connectivity index (χ4v) is 1.82. The zero-order chi connectivity index (χ0) is 15.1. The van der Waals surface area contributed by atoms with Gasteiger partial charge in [0.25, 0.3) is 5.91 Å². The molecular formula is C18H17NO2. The Hall–Kier alpha value is -2.73. The van der Waals surface area contributed by atoms with Gasteiger partial charge in [-0.3, -0.25) is 4.79 Å². The van der Waals surface area contributed by atoms with E-state index < -0.39 is 0 Å². The molecule has 0 aliphatic heterocycles. The third-order valence-electron chi connectivity index (χ3n) is 2.98. The lowest BCUT2D eigenvalue weighted by Gasteiger charge is -2.02. The van der Waals surface area contributed by atoms with E-state index in [1.165, 1.54) is 0 Å². The van der Waals surface area contributed by atoms with E-state index in [9.17, 15) is 4.79 Å². The van der Waals surface area contributed by atoms with Gasteiger partial charge in [-0.15, -0.1) is 0 Å². The van der Waals surface area contributed by atoms with Gasteiger partial charge in [0, 0.05) is 5.56 Å². The molecule has 2 aromatic rings. The summed E-state index contributed by atoms with van der Waals surface area (Å²) >= 11 is 0. The molecule has 2 rings (SSSR count). The van der Waals surface area contributed by atoms with Crippen molar-refractivity contribution in [3.8, 4) is 17.6 Å². The zero-order valence-corrected chi connectivity index (χ0v) is 12.1. The lowest BCUT2D eigenvalue weighted by Crippen LogP contribution is -2.23. The van der Waals surface area contributed by atoms with Crippen LogP contribution in [-0.2, 0) is 0 Å². The number of amides is 1. The largest absolute Gasteiger partial charge is 0.495 e.